The third kappa shape index (κ3) is 5.82. The molecule has 3 heterocycles. The van der Waals surface area contributed by atoms with E-state index in [0.29, 0.717) is 42.6 Å². The molecule has 2 aliphatic rings. The van der Waals surface area contributed by atoms with Crippen molar-refractivity contribution in [2.24, 2.45) is 0 Å². The zero-order valence-electron chi connectivity index (χ0n) is 18.5. The second-order valence-corrected chi connectivity index (χ2v) is 10.5. The zero-order valence-corrected chi connectivity index (χ0v) is 20.1. The number of ether oxygens (including phenoxy) is 1. The van der Waals surface area contributed by atoms with Crippen LogP contribution in [-0.4, -0.2) is 87.5 Å². The minimum absolute atomic E-state index is 0.174. The fraction of sp³-hybridized carbons (Fsp3) is 0.455. The molecule has 178 valence electrons. The molecule has 0 bridgehead atoms. The van der Waals surface area contributed by atoms with Crippen molar-refractivity contribution in [2.45, 2.75) is 11.8 Å². The van der Waals surface area contributed by atoms with E-state index in [1.807, 2.05) is 12.1 Å². The zero-order chi connectivity index (χ0) is 23.4. The quantitative estimate of drug-likeness (QED) is 0.655. The lowest BCUT2D eigenvalue weighted by Crippen LogP contribution is -2.48. The number of aromatic nitrogens is 1. The number of carbonyl (C=O) groups is 1. The molecule has 1 N–H and O–H groups in total. The summed E-state index contributed by atoms with van der Waals surface area (Å²) < 4.78 is 32.8. The average molecular weight is 494 g/mol. The summed E-state index contributed by atoms with van der Waals surface area (Å²) in [5.74, 6) is 0.698. The number of amides is 1. The van der Waals surface area contributed by atoms with Crippen LogP contribution in [0.5, 0.6) is 0 Å². The number of morpholine rings is 1. The predicted molar refractivity (Wildman–Crippen MR) is 127 cm³/mol. The van der Waals surface area contributed by atoms with Crippen LogP contribution < -0.4 is 10.2 Å². The van der Waals surface area contributed by atoms with Gasteiger partial charge in [-0.25, -0.2) is 13.4 Å². The summed E-state index contributed by atoms with van der Waals surface area (Å²) >= 11 is 5.91. The number of halogens is 1. The van der Waals surface area contributed by atoms with Crippen LogP contribution in [0.4, 0.5) is 11.5 Å². The largest absolute Gasteiger partial charge is 0.379 e. The first kappa shape index (κ1) is 23.9. The Balaban J connectivity index is 1.34. The number of nitrogens with zero attached hydrogens (tertiary/aromatic N) is 4. The Hall–Kier alpha value is -2.24. The Kier molecular flexibility index (Phi) is 7.50. The summed E-state index contributed by atoms with van der Waals surface area (Å²) in [5, 5.41) is 3.45. The van der Waals surface area contributed by atoms with Crippen LogP contribution in [-0.2, 0) is 19.6 Å². The van der Waals surface area contributed by atoms with E-state index >= 15 is 0 Å². The Bertz CT molecular complexity index is 1080. The van der Waals surface area contributed by atoms with Crippen molar-refractivity contribution < 1.29 is 17.9 Å². The first-order valence-electron chi connectivity index (χ1n) is 10.9. The summed E-state index contributed by atoms with van der Waals surface area (Å²) in [7, 11) is -3.64. The maximum Gasteiger partial charge on any atom is 0.243 e. The van der Waals surface area contributed by atoms with Crippen molar-refractivity contribution in [3.63, 3.8) is 0 Å². The molecule has 0 radical (unpaired) electrons. The molecule has 2 aliphatic heterocycles. The lowest BCUT2D eigenvalue weighted by molar-refractivity contribution is -0.117. The molecule has 4 rings (SSSR count). The third-order valence-electron chi connectivity index (χ3n) is 5.84. The molecule has 1 aromatic carbocycles. The van der Waals surface area contributed by atoms with Crippen molar-refractivity contribution in [1.82, 2.24) is 14.2 Å². The number of rotatable bonds is 6. The number of benzene rings is 1. The molecule has 0 saturated carbocycles. The molecule has 9 nitrogen and oxygen atoms in total. The van der Waals surface area contributed by atoms with E-state index in [0.717, 1.165) is 32.0 Å². The standard InChI is InChI=1S/C22H28ClN5O4S/c1-17-2-4-19(14-20(17)33(30,31)28-10-12-32-13-11-28)25-22(29)16-26-6-8-27(9-7-26)21-5-3-18(23)15-24-21/h2-5,14-15H,6-13,16H2,1H3,(H,25,29). The minimum atomic E-state index is -3.64. The number of aryl methyl sites for hydroxylation is 1. The summed E-state index contributed by atoms with van der Waals surface area (Å²) in [6.07, 6.45) is 1.63. The summed E-state index contributed by atoms with van der Waals surface area (Å²) in [5.41, 5.74) is 1.12. The van der Waals surface area contributed by atoms with E-state index in [-0.39, 0.29) is 17.3 Å². The van der Waals surface area contributed by atoms with Gasteiger partial charge in [-0.15, -0.1) is 0 Å². The van der Waals surface area contributed by atoms with Gasteiger partial charge in [0.1, 0.15) is 5.82 Å². The number of carbonyl (C=O) groups excluding carboxylic acids is 1. The number of anilines is 2. The van der Waals surface area contributed by atoms with Gasteiger partial charge in [-0.1, -0.05) is 17.7 Å². The van der Waals surface area contributed by atoms with Crippen molar-refractivity contribution in [2.75, 3.05) is 69.2 Å². The SMILES string of the molecule is Cc1ccc(NC(=O)CN2CCN(c3ccc(Cl)cn3)CC2)cc1S(=O)(=O)N1CCOCC1. The highest BCUT2D eigenvalue weighted by Crippen LogP contribution is 2.24. The van der Waals surface area contributed by atoms with Crippen LogP contribution in [0.1, 0.15) is 5.56 Å². The van der Waals surface area contributed by atoms with Gasteiger partial charge in [0.2, 0.25) is 15.9 Å². The number of nitrogens with one attached hydrogen (secondary N) is 1. The van der Waals surface area contributed by atoms with Gasteiger partial charge in [0.15, 0.2) is 0 Å². The monoisotopic (exact) mass is 493 g/mol. The van der Waals surface area contributed by atoms with E-state index in [2.05, 4.69) is 20.1 Å². The topological polar surface area (TPSA) is 95.1 Å². The Morgan fingerprint density at radius 1 is 1.09 bits per heavy atom. The number of hydrogen-bond donors (Lipinski definition) is 1. The van der Waals surface area contributed by atoms with Crippen LogP contribution in [0.25, 0.3) is 0 Å². The third-order valence-corrected chi connectivity index (χ3v) is 8.10. The van der Waals surface area contributed by atoms with E-state index in [1.165, 1.54) is 4.31 Å². The maximum absolute atomic E-state index is 13.1. The highest BCUT2D eigenvalue weighted by Gasteiger charge is 2.28. The van der Waals surface area contributed by atoms with Crippen LogP contribution in [0.2, 0.25) is 5.02 Å². The fourth-order valence-electron chi connectivity index (χ4n) is 3.98. The normalized spacial score (nSPS) is 18.3. The summed E-state index contributed by atoms with van der Waals surface area (Å²) in [4.78, 5) is 21.4. The lowest BCUT2D eigenvalue weighted by atomic mass is 10.2. The highest BCUT2D eigenvalue weighted by atomic mass is 35.5. The first-order valence-corrected chi connectivity index (χ1v) is 12.7. The molecule has 11 heteroatoms. The second kappa shape index (κ2) is 10.4. The minimum Gasteiger partial charge on any atom is -0.379 e. The van der Waals surface area contributed by atoms with Gasteiger partial charge in [0.05, 0.1) is 29.7 Å². The molecule has 1 aromatic heterocycles. The van der Waals surface area contributed by atoms with Crippen molar-refractivity contribution in [3.05, 3.63) is 47.1 Å². The van der Waals surface area contributed by atoms with Crippen molar-refractivity contribution in [1.29, 1.82) is 0 Å². The molecule has 2 fully saturated rings. The number of hydrogen-bond acceptors (Lipinski definition) is 7. The Morgan fingerprint density at radius 3 is 2.48 bits per heavy atom. The first-order chi connectivity index (χ1) is 15.8. The van der Waals surface area contributed by atoms with Gasteiger partial charge >= 0.3 is 0 Å². The maximum atomic E-state index is 13.1. The van der Waals surface area contributed by atoms with Crippen LogP contribution >= 0.6 is 11.6 Å². The average Bonchev–Trinajstić information content (AvgIpc) is 2.82. The fourth-order valence-corrected chi connectivity index (χ4v) is 5.75. The van der Waals surface area contributed by atoms with Crippen molar-refractivity contribution in [3.8, 4) is 0 Å². The molecule has 33 heavy (non-hydrogen) atoms. The second-order valence-electron chi connectivity index (χ2n) is 8.14. The van der Waals surface area contributed by atoms with Crippen LogP contribution in [0.15, 0.2) is 41.4 Å². The van der Waals surface area contributed by atoms with E-state index in [9.17, 15) is 13.2 Å². The number of piperazine rings is 1. The molecule has 0 unspecified atom stereocenters. The smallest absolute Gasteiger partial charge is 0.243 e. The van der Waals surface area contributed by atoms with Gasteiger partial charge in [-0.05, 0) is 36.8 Å². The molecule has 0 spiro atoms. The van der Waals surface area contributed by atoms with Crippen LogP contribution in [0, 0.1) is 6.92 Å². The van der Waals surface area contributed by atoms with Gasteiger partial charge < -0.3 is 15.0 Å². The molecular weight excluding hydrogens is 466 g/mol. The molecule has 0 atom stereocenters. The molecule has 1 amide bonds. The number of sulfonamides is 1. The van der Waals surface area contributed by atoms with E-state index in [1.54, 1.807) is 31.3 Å². The van der Waals surface area contributed by atoms with Gasteiger partial charge in [0.25, 0.3) is 0 Å². The highest BCUT2D eigenvalue weighted by molar-refractivity contribution is 7.89. The lowest BCUT2D eigenvalue weighted by Gasteiger charge is -2.35. The molecule has 0 aliphatic carbocycles. The van der Waals surface area contributed by atoms with Gasteiger partial charge in [0, 0.05) is 51.2 Å². The molecule has 2 aromatic rings. The molecule has 2 saturated heterocycles. The van der Waals surface area contributed by atoms with E-state index < -0.39 is 10.0 Å². The number of pyridine rings is 1. The van der Waals surface area contributed by atoms with Crippen LogP contribution in [0.3, 0.4) is 0 Å². The summed E-state index contributed by atoms with van der Waals surface area (Å²) in [6.45, 7) is 6.39. The van der Waals surface area contributed by atoms with Gasteiger partial charge in [-0.2, -0.15) is 4.31 Å². The van der Waals surface area contributed by atoms with E-state index in [4.69, 9.17) is 16.3 Å². The van der Waals surface area contributed by atoms with Gasteiger partial charge in [-0.3, -0.25) is 9.69 Å². The summed E-state index contributed by atoms with van der Waals surface area (Å²) in [6, 6.07) is 8.71. The predicted octanol–water partition coefficient (Wildman–Crippen LogP) is 1.83. The molecular formula is C22H28ClN5O4S. The Morgan fingerprint density at radius 2 is 1.82 bits per heavy atom. The van der Waals surface area contributed by atoms with Crippen molar-refractivity contribution >= 4 is 39.0 Å². The Labute approximate surface area is 199 Å².